The van der Waals surface area contributed by atoms with Crippen molar-refractivity contribution in [3.05, 3.63) is 22.0 Å². The van der Waals surface area contributed by atoms with Crippen LogP contribution in [0.1, 0.15) is 0 Å². The van der Waals surface area contributed by atoms with Crippen molar-refractivity contribution in [3.8, 4) is 0 Å². The molecule has 20 heavy (non-hydrogen) atoms. The van der Waals surface area contributed by atoms with Gasteiger partial charge in [-0.3, -0.25) is 9.78 Å². The average Bonchev–Trinajstić information content (AvgIpc) is 2.93. The van der Waals surface area contributed by atoms with E-state index in [9.17, 15) is 15.0 Å². The summed E-state index contributed by atoms with van der Waals surface area (Å²) in [5.41, 5.74) is 5.74. The average molecular weight is 281 g/mol. The van der Waals surface area contributed by atoms with Gasteiger partial charge in [-0.2, -0.15) is 4.98 Å². The lowest BCUT2D eigenvalue weighted by Crippen LogP contribution is -2.44. The number of aliphatic hydroxyl groups is 3. The highest BCUT2D eigenvalue weighted by Gasteiger charge is 2.41. The Bertz CT molecular complexity index is 628. The Labute approximate surface area is 113 Å². The monoisotopic (exact) mass is 281 g/mol. The summed E-state index contributed by atoms with van der Waals surface area (Å²) in [6, 6.07) is -0.588. The molecule has 0 amide bonds. The first-order chi connectivity index (χ1) is 9.52. The fraction of sp³-hybridized carbons (Fsp3) is 0.455. The maximum atomic E-state index is 11.7. The Hall–Kier alpha value is -2.10. The number of aliphatic hydroxyl groups excluding tert-OH is 3. The van der Waals surface area contributed by atoms with Crippen LogP contribution in [0.2, 0.25) is 0 Å². The summed E-state index contributed by atoms with van der Waals surface area (Å²) in [5, 5.41) is 31.9. The van der Waals surface area contributed by atoms with E-state index in [0.717, 1.165) is 0 Å². The van der Waals surface area contributed by atoms with Crippen LogP contribution in [0.5, 0.6) is 0 Å². The topological polar surface area (TPSA) is 148 Å². The van der Waals surface area contributed by atoms with Crippen LogP contribution in [0.15, 0.2) is 16.4 Å². The van der Waals surface area contributed by atoms with Gasteiger partial charge in [0.05, 0.1) is 19.3 Å². The molecule has 0 saturated heterocycles. The molecule has 2 heterocycles. The first-order valence-electron chi connectivity index (χ1n) is 6.11. The zero-order valence-electron chi connectivity index (χ0n) is 10.4. The Kier molecular flexibility index (Phi) is 2.89. The zero-order valence-corrected chi connectivity index (χ0v) is 10.4. The number of aromatic amines is 1. The molecule has 9 nitrogen and oxygen atoms in total. The van der Waals surface area contributed by atoms with Gasteiger partial charge in [0.25, 0.3) is 5.56 Å². The summed E-state index contributed by atoms with van der Waals surface area (Å²) in [5.74, 6) is 0.291. The van der Waals surface area contributed by atoms with E-state index < -0.39 is 23.8 Å². The minimum atomic E-state index is -1.13. The lowest BCUT2D eigenvalue weighted by atomic mass is 10.1. The van der Waals surface area contributed by atoms with E-state index in [4.69, 9.17) is 10.8 Å². The number of nitrogens with zero attached hydrogens (tertiary/aromatic N) is 2. The first-order valence-corrected chi connectivity index (χ1v) is 6.11. The summed E-state index contributed by atoms with van der Waals surface area (Å²) in [4.78, 5) is 19.8. The van der Waals surface area contributed by atoms with Crippen LogP contribution in [0, 0.1) is 0 Å². The van der Waals surface area contributed by atoms with E-state index in [1.54, 1.807) is 11.0 Å². The van der Waals surface area contributed by atoms with Crippen molar-refractivity contribution in [1.82, 2.24) is 9.97 Å². The zero-order chi connectivity index (χ0) is 14.4. The number of aromatic nitrogens is 2. The number of nitrogens with two attached hydrogens (primary N) is 1. The number of hydrogen-bond donors (Lipinski definition) is 6. The molecule has 3 atom stereocenters. The minimum absolute atomic E-state index is 0.0261. The molecular weight excluding hydrogens is 266 g/mol. The van der Waals surface area contributed by atoms with Gasteiger partial charge in [-0.25, -0.2) is 0 Å². The number of H-pyrrole nitrogens is 1. The highest BCUT2D eigenvalue weighted by atomic mass is 16.3. The number of nitrogens with one attached hydrogen (secondary N) is 2. The Morgan fingerprint density at radius 1 is 1.50 bits per heavy atom. The third-order valence-electron chi connectivity index (χ3n) is 3.60. The van der Waals surface area contributed by atoms with Crippen molar-refractivity contribution in [2.24, 2.45) is 0 Å². The number of nitrogen functional groups attached to an aromatic ring is 1. The van der Waals surface area contributed by atoms with Gasteiger partial charge in [0, 0.05) is 0 Å². The van der Waals surface area contributed by atoms with E-state index in [0.29, 0.717) is 11.4 Å². The van der Waals surface area contributed by atoms with Gasteiger partial charge >= 0.3 is 0 Å². The number of anilines is 3. The van der Waals surface area contributed by atoms with Crippen molar-refractivity contribution >= 4 is 17.5 Å². The van der Waals surface area contributed by atoms with Gasteiger partial charge in [-0.05, 0) is 5.57 Å². The molecule has 0 bridgehead atoms. The van der Waals surface area contributed by atoms with Crippen LogP contribution >= 0.6 is 0 Å². The predicted molar refractivity (Wildman–Crippen MR) is 71.2 cm³/mol. The highest BCUT2D eigenvalue weighted by molar-refractivity contribution is 5.72. The van der Waals surface area contributed by atoms with Gasteiger partial charge < -0.3 is 31.3 Å². The number of fused-ring (bicyclic) bond motifs is 1. The van der Waals surface area contributed by atoms with Gasteiger partial charge in [-0.1, -0.05) is 6.08 Å². The number of hydrogen-bond acceptors (Lipinski definition) is 8. The Morgan fingerprint density at radius 2 is 2.25 bits per heavy atom. The van der Waals surface area contributed by atoms with Crippen molar-refractivity contribution in [2.45, 2.75) is 18.2 Å². The van der Waals surface area contributed by atoms with Crippen LogP contribution in [0.4, 0.5) is 17.5 Å². The third-order valence-corrected chi connectivity index (χ3v) is 3.60. The second-order valence-corrected chi connectivity index (χ2v) is 4.78. The summed E-state index contributed by atoms with van der Waals surface area (Å²) in [7, 11) is 0. The van der Waals surface area contributed by atoms with Gasteiger partial charge in [0.2, 0.25) is 5.95 Å². The van der Waals surface area contributed by atoms with Crippen molar-refractivity contribution in [2.75, 3.05) is 29.2 Å². The molecule has 1 aliphatic heterocycles. The van der Waals surface area contributed by atoms with Crippen LogP contribution in [0.3, 0.4) is 0 Å². The Morgan fingerprint density at radius 3 is 2.90 bits per heavy atom. The van der Waals surface area contributed by atoms with Crippen LogP contribution in [-0.2, 0) is 0 Å². The maximum Gasteiger partial charge on any atom is 0.277 e. The van der Waals surface area contributed by atoms with Gasteiger partial charge in [-0.15, -0.1) is 0 Å². The fourth-order valence-electron chi connectivity index (χ4n) is 2.57. The number of rotatable bonds is 2. The summed E-state index contributed by atoms with van der Waals surface area (Å²) >= 11 is 0. The summed E-state index contributed by atoms with van der Waals surface area (Å²) in [6.07, 6.45) is -0.661. The quantitative estimate of drug-likeness (QED) is 0.328. The second-order valence-electron chi connectivity index (χ2n) is 4.78. The highest BCUT2D eigenvalue weighted by Crippen LogP contribution is 2.33. The molecule has 9 heteroatoms. The molecule has 0 radical (unpaired) electrons. The SMILES string of the molecule is Nc1nc2c(c(=O)[nH]1)NCN2C1C=C(CO)C(O)C1O. The van der Waals surface area contributed by atoms with Crippen molar-refractivity contribution < 1.29 is 15.3 Å². The van der Waals surface area contributed by atoms with Crippen LogP contribution in [0.25, 0.3) is 0 Å². The van der Waals surface area contributed by atoms with E-state index >= 15 is 0 Å². The molecule has 3 rings (SSSR count). The molecular formula is C11H15N5O4. The third kappa shape index (κ3) is 1.75. The normalized spacial score (nSPS) is 28.2. The van der Waals surface area contributed by atoms with Crippen molar-refractivity contribution in [3.63, 3.8) is 0 Å². The summed E-state index contributed by atoms with van der Waals surface area (Å²) in [6.45, 7) is -0.0910. The lowest BCUT2D eigenvalue weighted by molar-refractivity contribution is 0.0405. The molecule has 0 fully saturated rings. The molecule has 1 aromatic rings. The standard InChI is InChI=1S/C11H15N5O4/c12-11-14-9-6(10(20)15-11)13-3-16(9)5-1-4(2-17)7(18)8(5)19/h1,5,7-8,13,17-19H,2-3H2,(H3,12,14,15,20). The lowest BCUT2D eigenvalue weighted by Gasteiger charge is -2.27. The summed E-state index contributed by atoms with van der Waals surface area (Å²) < 4.78 is 0. The van der Waals surface area contributed by atoms with E-state index in [2.05, 4.69) is 15.3 Å². The molecule has 0 aromatic carbocycles. The van der Waals surface area contributed by atoms with E-state index in [1.165, 1.54) is 0 Å². The smallest absolute Gasteiger partial charge is 0.277 e. The van der Waals surface area contributed by atoms with Crippen molar-refractivity contribution in [1.29, 1.82) is 0 Å². The first kappa shape index (κ1) is 12.9. The fourth-order valence-corrected chi connectivity index (χ4v) is 2.57. The van der Waals surface area contributed by atoms with Crippen LogP contribution in [-0.4, -0.2) is 56.8 Å². The molecule has 108 valence electrons. The maximum absolute atomic E-state index is 11.7. The predicted octanol–water partition coefficient (Wildman–Crippen LogP) is -2.44. The molecule has 1 aliphatic carbocycles. The minimum Gasteiger partial charge on any atom is -0.392 e. The van der Waals surface area contributed by atoms with E-state index in [1.807, 2.05) is 0 Å². The molecule has 3 unspecified atom stereocenters. The Balaban J connectivity index is 2.00. The molecule has 0 saturated carbocycles. The molecule has 7 N–H and O–H groups in total. The molecule has 2 aliphatic rings. The molecule has 1 aromatic heterocycles. The molecule has 0 spiro atoms. The van der Waals surface area contributed by atoms with E-state index in [-0.39, 0.29) is 24.9 Å². The van der Waals surface area contributed by atoms with Gasteiger partial charge in [0.15, 0.2) is 5.82 Å². The second kappa shape index (κ2) is 4.47. The van der Waals surface area contributed by atoms with Crippen LogP contribution < -0.4 is 21.5 Å². The largest absolute Gasteiger partial charge is 0.392 e. The van der Waals surface area contributed by atoms with Gasteiger partial charge in [0.1, 0.15) is 17.9 Å².